The first-order valence-corrected chi connectivity index (χ1v) is 8.76. The third-order valence-corrected chi connectivity index (χ3v) is 6.35. The van der Waals surface area contributed by atoms with Crippen LogP contribution in [0.4, 0.5) is 0 Å². The van der Waals surface area contributed by atoms with Gasteiger partial charge in [-0.05, 0) is 43.1 Å². The topological polar surface area (TPSA) is 26.3 Å². The van der Waals surface area contributed by atoms with Crippen LogP contribution < -0.4 is 0 Å². The summed E-state index contributed by atoms with van der Waals surface area (Å²) in [6.07, 6.45) is 5.41. The van der Waals surface area contributed by atoms with Crippen molar-refractivity contribution >= 4 is 12.0 Å². The Morgan fingerprint density at radius 2 is 1.88 bits per heavy atom. The summed E-state index contributed by atoms with van der Waals surface area (Å²) in [6, 6.07) is 10.0. The summed E-state index contributed by atoms with van der Waals surface area (Å²) >= 11 is 0. The highest BCUT2D eigenvalue weighted by molar-refractivity contribution is 5.87. The molecule has 1 aromatic carbocycles. The van der Waals surface area contributed by atoms with Crippen molar-refractivity contribution in [1.82, 2.24) is 0 Å². The average Bonchev–Trinajstić information content (AvgIpc) is 2.89. The standard InChI is InChI=1S/C14H22O2.C8H8/c1-9(2)12(15)16-11-8-10-6-7-14(11,5)13(10,3)4;1-2-8-6-4-3-5-7-8/h10-11H,1,6-8H2,2-5H3;2-7H,1H2. The fraction of sp³-hybridized carbons (Fsp3) is 0.500. The van der Waals surface area contributed by atoms with Gasteiger partial charge in [0.2, 0.25) is 0 Å². The van der Waals surface area contributed by atoms with Crippen LogP contribution in [-0.2, 0) is 9.53 Å². The molecule has 3 unspecified atom stereocenters. The second-order valence-electron chi connectivity index (χ2n) is 7.90. The van der Waals surface area contributed by atoms with Crippen molar-refractivity contribution in [3.8, 4) is 0 Å². The molecule has 2 heteroatoms. The summed E-state index contributed by atoms with van der Waals surface area (Å²) in [4.78, 5) is 11.6. The fourth-order valence-corrected chi connectivity index (χ4v) is 4.13. The zero-order valence-electron chi connectivity index (χ0n) is 15.5. The molecule has 0 radical (unpaired) electrons. The van der Waals surface area contributed by atoms with E-state index >= 15 is 0 Å². The first-order valence-electron chi connectivity index (χ1n) is 8.76. The smallest absolute Gasteiger partial charge is 0.333 e. The molecule has 2 aliphatic rings. The maximum absolute atomic E-state index is 11.6. The molecule has 0 heterocycles. The molecule has 2 bridgehead atoms. The van der Waals surface area contributed by atoms with Gasteiger partial charge in [0.25, 0.3) is 0 Å². The predicted octanol–water partition coefficient (Wildman–Crippen LogP) is 5.65. The second kappa shape index (κ2) is 6.96. The number of fused-ring (bicyclic) bond motifs is 2. The molecule has 0 N–H and O–H groups in total. The highest BCUT2D eigenvalue weighted by Crippen LogP contribution is 2.66. The summed E-state index contributed by atoms with van der Waals surface area (Å²) in [5.74, 6) is 0.481. The van der Waals surface area contributed by atoms with E-state index in [1.54, 1.807) is 6.92 Å². The van der Waals surface area contributed by atoms with Gasteiger partial charge in [-0.1, -0.05) is 70.3 Å². The Morgan fingerprint density at radius 3 is 2.25 bits per heavy atom. The summed E-state index contributed by atoms with van der Waals surface area (Å²) in [5.41, 5.74) is 2.13. The van der Waals surface area contributed by atoms with Crippen molar-refractivity contribution in [3.63, 3.8) is 0 Å². The van der Waals surface area contributed by atoms with Gasteiger partial charge in [0.15, 0.2) is 0 Å². The Labute approximate surface area is 146 Å². The van der Waals surface area contributed by atoms with Crippen LogP contribution in [0.3, 0.4) is 0 Å². The van der Waals surface area contributed by atoms with E-state index in [0.717, 1.165) is 6.42 Å². The quantitative estimate of drug-likeness (QED) is 0.530. The summed E-state index contributed by atoms with van der Waals surface area (Å²) in [7, 11) is 0. The first kappa shape index (κ1) is 18.5. The lowest BCUT2D eigenvalue weighted by Gasteiger charge is -2.38. The van der Waals surface area contributed by atoms with Crippen LogP contribution in [0.1, 0.15) is 52.5 Å². The van der Waals surface area contributed by atoms with Crippen LogP contribution in [0.15, 0.2) is 49.1 Å². The predicted molar refractivity (Wildman–Crippen MR) is 100 cm³/mol. The molecule has 1 aromatic rings. The summed E-state index contributed by atoms with van der Waals surface area (Å²) < 4.78 is 5.61. The number of carbonyl (C=O) groups excluding carboxylic acids is 1. The number of esters is 1. The minimum absolute atomic E-state index is 0.0884. The van der Waals surface area contributed by atoms with Crippen molar-refractivity contribution in [2.75, 3.05) is 0 Å². The molecule has 3 atom stereocenters. The van der Waals surface area contributed by atoms with E-state index in [4.69, 9.17) is 4.74 Å². The minimum Gasteiger partial charge on any atom is -0.458 e. The number of benzene rings is 1. The Hall–Kier alpha value is -1.83. The van der Waals surface area contributed by atoms with Crippen molar-refractivity contribution in [1.29, 1.82) is 0 Å². The Balaban J connectivity index is 0.000000219. The Morgan fingerprint density at radius 1 is 1.25 bits per heavy atom. The summed E-state index contributed by atoms with van der Waals surface area (Å²) in [5, 5.41) is 0. The number of hydrogen-bond donors (Lipinski definition) is 0. The lowest BCUT2D eigenvalue weighted by Crippen LogP contribution is -2.38. The molecular formula is C22H30O2. The highest BCUT2D eigenvalue weighted by Gasteiger charge is 2.62. The van der Waals surface area contributed by atoms with E-state index in [9.17, 15) is 4.79 Å². The van der Waals surface area contributed by atoms with E-state index in [0.29, 0.717) is 16.9 Å². The number of rotatable bonds is 3. The molecule has 130 valence electrons. The summed E-state index contributed by atoms with van der Waals surface area (Å²) in [6.45, 7) is 15.9. The lowest BCUT2D eigenvalue weighted by molar-refractivity contribution is -0.151. The molecule has 0 amide bonds. The van der Waals surface area contributed by atoms with E-state index in [2.05, 4.69) is 33.9 Å². The molecule has 24 heavy (non-hydrogen) atoms. The maximum Gasteiger partial charge on any atom is 0.333 e. The largest absolute Gasteiger partial charge is 0.458 e. The molecule has 3 rings (SSSR count). The molecule has 0 saturated heterocycles. The zero-order valence-corrected chi connectivity index (χ0v) is 15.5. The van der Waals surface area contributed by atoms with Gasteiger partial charge in [0.1, 0.15) is 6.10 Å². The highest BCUT2D eigenvalue weighted by atomic mass is 16.5. The van der Waals surface area contributed by atoms with E-state index in [1.807, 2.05) is 36.4 Å². The van der Waals surface area contributed by atoms with E-state index in [1.165, 1.54) is 18.4 Å². The SMILES string of the molecule is C=C(C)C(=O)OC1CC2CCC1(C)C2(C)C.C=Cc1ccccc1. The zero-order chi connectivity index (χ0) is 18.0. The molecule has 2 nitrogen and oxygen atoms in total. The van der Waals surface area contributed by atoms with Crippen LogP contribution in [0.25, 0.3) is 6.08 Å². The molecule has 0 spiro atoms. The second-order valence-corrected chi connectivity index (χ2v) is 7.90. The van der Waals surface area contributed by atoms with Gasteiger partial charge in [-0.15, -0.1) is 0 Å². The number of carbonyl (C=O) groups is 1. The van der Waals surface area contributed by atoms with Gasteiger partial charge in [-0.2, -0.15) is 0 Å². The van der Waals surface area contributed by atoms with Gasteiger partial charge in [0, 0.05) is 11.0 Å². The van der Waals surface area contributed by atoms with Gasteiger partial charge in [0.05, 0.1) is 0 Å². The van der Waals surface area contributed by atoms with Crippen LogP contribution >= 0.6 is 0 Å². The van der Waals surface area contributed by atoms with Crippen molar-refractivity contribution in [2.45, 2.75) is 53.1 Å². The minimum atomic E-state index is -0.227. The monoisotopic (exact) mass is 326 g/mol. The lowest BCUT2D eigenvalue weighted by atomic mass is 9.70. The number of ether oxygens (including phenoxy) is 1. The first-order chi connectivity index (χ1) is 11.2. The average molecular weight is 326 g/mol. The fourth-order valence-electron chi connectivity index (χ4n) is 4.13. The maximum atomic E-state index is 11.6. The Bertz CT molecular complexity index is 614. The van der Waals surface area contributed by atoms with Crippen LogP contribution in [0, 0.1) is 16.7 Å². The van der Waals surface area contributed by atoms with Gasteiger partial charge in [-0.3, -0.25) is 0 Å². The van der Waals surface area contributed by atoms with Crippen molar-refractivity contribution in [3.05, 3.63) is 54.6 Å². The third kappa shape index (κ3) is 3.33. The van der Waals surface area contributed by atoms with Crippen LogP contribution in [0.2, 0.25) is 0 Å². The molecule has 2 saturated carbocycles. The third-order valence-electron chi connectivity index (χ3n) is 6.35. The number of hydrogen-bond acceptors (Lipinski definition) is 2. The van der Waals surface area contributed by atoms with Gasteiger partial charge in [-0.25, -0.2) is 4.79 Å². The molecule has 0 aliphatic heterocycles. The van der Waals surface area contributed by atoms with Crippen molar-refractivity contribution in [2.24, 2.45) is 16.7 Å². The van der Waals surface area contributed by atoms with E-state index in [-0.39, 0.29) is 17.5 Å². The van der Waals surface area contributed by atoms with Crippen LogP contribution in [-0.4, -0.2) is 12.1 Å². The van der Waals surface area contributed by atoms with E-state index < -0.39 is 0 Å². The molecule has 0 aromatic heterocycles. The van der Waals surface area contributed by atoms with Crippen molar-refractivity contribution < 1.29 is 9.53 Å². The molecular weight excluding hydrogens is 296 g/mol. The van der Waals surface area contributed by atoms with Gasteiger partial charge >= 0.3 is 5.97 Å². The Kier molecular flexibility index (Phi) is 5.37. The molecule has 2 fully saturated rings. The van der Waals surface area contributed by atoms with Gasteiger partial charge < -0.3 is 4.74 Å². The normalized spacial score (nSPS) is 29.3. The van der Waals surface area contributed by atoms with Crippen LogP contribution in [0.5, 0.6) is 0 Å². The molecule has 2 aliphatic carbocycles.